The van der Waals surface area contributed by atoms with Crippen molar-refractivity contribution in [3.8, 4) is 0 Å². The van der Waals surface area contributed by atoms with Crippen molar-refractivity contribution in [3.63, 3.8) is 0 Å². The van der Waals surface area contributed by atoms with E-state index in [4.69, 9.17) is 14.2 Å². The molecular formula is C61H106O6. The summed E-state index contributed by atoms with van der Waals surface area (Å²) in [5.41, 5.74) is 0. The smallest absolute Gasteiger partial charge is 0.306 e. The van der Waals surface area contributed by atoms with Gasteiger partial charge in [0.15, 0.2) is 6.10 Å². The zero-order valence-electron chi connectivity index (χ0n) is 44.2. The van der Waals surface area contributed by atoms with Crippen LogP contribution in [0.5, 0.6) is 0 Å². The molecule has 0 aliphatic carbocycles. The van der Waals surface area contributed by atoms with Gasteiger partial charge in [0.1, 0.15) is 13.2 Å². The molecule has 0 saturated carbocycles. The molecule has 0 aromatic carbocycles. The van der Waals surface area contributed by atoms with E-state index in [0.717, 1.165) is 96.3 Å². The normalized spacial score (nSPS) is 12.6. The van der Waals surface area contributed by atoms with Crippen molar-refractivity contribution in [2.75, 3.05) is 13.2 Å². The van der Waals surface area contributed by atoms with Gasteiger partial charge in [-0.1, -0.05) is 261 Å². The maximum Gasteiger partial charge on any atom is 0.306 e. The fraction of sp³-hybridized carbons (Fsp3) is 0.754. The molecule has 0 aliphatic rings. The molecule has 6 nitrogen and oxygen atoms in total. The Labute approximate surface area is 414 Å². The lowest BCUT2D eigenvalue weighted by Gasteiger charge is -2.18. The third kappa shape index (κ3) is 53.7. The van der Waals surface area contributed by atoms with E-state index in [2.05, 4.69) is 93.7 Å². The largest absolute Gasteiger partial charge is 0.462 e. The summed E-state index contributed by atoms with van der Waals surface area (Å²) in [4.78, 5) is 37.6. The van der Waals surface area contributed by atoms with Crippen molar-refractivity contribution < 1.29 is 28.6 Å². The molecule has 0 spiro atoms. The minimum Gasteiger partial charge on any atom is -0.462 e. The van der Waals surface area contributed by atoms with Crippen LogP contribution in [0.15, 0.2) is 72.9 Å². The van der Waals surface area contributed by atoms with Crippen molar-refractivity contribution in [2.45, 2.75) is 284 Å². The standard InChI is InChI=1S/C61H106O6/c1-4-7-10-13-16-18-19-20-21-22-23-24-25-26-27-28-29-30-31-32-33-34-35-36-37-38-39-40-41-42-43-44-46-48-51-54-60(63)66-57-58(56-65-59(62)53-50-47-15-12-9-6-3)67-61(64)55-52-49-45-17-14-11-8-5-2/h7,10,16,18,20-21,23-24,26-27,29-30,58H,4-6,8-9,11-15,17,19,22,25,28,31-57H2,1-3H3/b10-7-,18-16-,21-20-,24-23-,27-26-,30-29-. The first-order valence-electron chi connectivity index (χ1n) is 28.4. The van der Waals surface area contributed by atoms with Crippen LogP contribution in [0, 0.1) is 0 Å². The molecular weight excluding hydrogens is 829 g/mol. The van der Waals surface area contributed by atoms with E-state index in [9.17, 15) is 14.4 Å². The summed E-state index contributed by atoms with van der Waals surface area (Å²) in [5.74, 6) is -0.879. The van der Waals surface area contributed by atoms with E-state index >= 15 is 0 Å². The zero-order chi connectivity index (χ0) is 48.6. The molecule has 0 aromatic rings. The third-order valence-corrected chi connectivity index (χ3v) is 12.2. The molecule has 67 heavy (non-hydrogen) atoms. The average Bonchev–Trinajstić information content (AvgIpc) is 3.33. The van der Waals surface area contributed by atoms with Gasteiger partial charge in [0.2, 0.25) is 0 Å². The molecule has 0 amide bonds. The predicted molar refractivity (Wildman–Crippen MR) is 288 cm³/mol. The number of esters is 3. The van der Waals surface area contributed by atoms with Gasteiger partial charge in [-0.15, -0.1) is 0 Å². The molecule has 0 fully saturated rings. The summed E-state index contributed by atoms with van der Waals surface area (Å²) in [6, 6.07) is 0. The summed E-state index contributed by atoms with van der Waals surface area (Å²) in [6.45, 7) is 6.44. The van der Waals surface area contributed by atoms with Crippen LogP contribution in [0.2, 0.25) is 0 Å². The number of unbranched alkanes of at least 4 members (excludes halogenated alkanes) is 28. The van der Waals surface area contributed by atoms with Crippen LogP contribution >= 0.6 is 0 Å². The Morgan fingerprint density at radius 2 is 0.582 bits per heavy atom. The third-order valence-electron chi connectivity index (χ3n) is 12.2. The summed E-state index contributed by atoms with van der Waals surface area (Å²) < 4.78 is 16.6. The molecule has 6 heteroatoms. The van der Waals surface area contributed by atoms with Crippen LogP contribution in [0.1, 0.15) is 278 Å². The Balaban J connectivity index is 3.86. The van der Waals surface area contributed by atoms with Crippen LogP contribution in [0.3, 0.4) is 0 Å². The van der Waals surface area contributed by atoms with Gasteiger partial charge < -0.3 is 14.2 Å². The second-order valence-corrected chi connectivity index (χ2v) is 18.8. The molecule has 0 rings (SSSR count). The Morgan fingerprint density at radius 3 is 0.910 bits per heavy atom. The molecule has 1 unspecified atom stereocenters. The number of rotatable bonds is 51. The van der Waals surface area contributed by atoms with Crippen molar-refractivity contribution >= 4 is 17.9 Å². The Morgan fingerprint density at radius 1 is 0.313 bits per heavy atom. The SMILES string of the molecule is CC/C=C\C/C=C\C/C=C\C/C=C\C/C=C\C/C=C\CCCCCCCCCCCCCCCCCCC(=O)OCC(COC(=O)CCCCCCCC)OC(=O)CCCCCCCCCC. The zero-order valence-corrected chi connectivity index (χ0v) is 44.2. The van der Waals surface area contributed by atoms with Crippen molar-refractivity contribution in [1.29, 1.82) is 0 Å². The molecule has 0 bridgehead atoms. The lowest BCUT2D eigenvalue weighted by Crippen LogP contribution is -2.30. The van der Waals surface area contributed by atoms with Gasteiger partial charge in [0.25, 0.3) is 0 Å². The van der Waals surface area contributed by atoms with Gasteiger partial charge in [-0.05, 0) is 70.6 Å². The highest BCUT2D eigenvalue weighted by Crippen LogP contribution is 2.16. The van der Waals surface area contributed by atoms with Crippen molar-refractivity contribution in [3.05, 3.63) is 72.9 Å². The Kier molecular flexibility index (Phi) is 52.8. The second kappa shape index (κ2) is 55.4. The van der Waals surface area contributed by atoms with Crippen molar-refractivity contribution in [1.82, 2.24) is 0 Å². The molecule has 0 saturated heterocycles. The van der Waals surface area contributed by atoms with Gasteiger partial charge in [-0.2, -0.15) is 0 Å². The first kappa shape index (κ1) is 63.8. The molecule has 0 N–H and O–H groups in total. The highest BCUT2D eigenvalue weighted by molar-refractivity contribution is 5.71. The lowest BCUT2D eigenvalue weighted by molar-refractivity contribution is -0.167. The first-order chi connectivity index (χ1) is 33.0. The fourth-order valence-corrected chi connectivity index (χ4v) is 7.98. The lowest BCUT2D eigenvalue weighted by atomic mass is 10.0. The van der Waals surface area contributed by atoms with Gasteiger partial charge in [0, 0.05) is 19.3 Å². The van der Waals surface area contributed by atoms with Crippen LogP contribution in [-0.4, -0.2) is 37.2 Å². The minimum absolute atomic E-state index is 0.0708. The topological polar surface area (TPSA) is 78.9 Å². The number of carbonyl (C=O) groups is 3. The van der Waals surface area contributed by atoms with Gasteiger partial charge in [-0.25, -0.2) is 0 Å². The molecule has 386 valence electrons. The minimum atomic E-state index is -0.764. The monoisotopic (exact) mass is 935 g/mol. The number of ether oxygens (including phenoxy) is 3. The van der Waals surface area contributed by atoms with Crippen LogP contribution < -0.4 is 0 Å². The summed E-state index contributed by atoms with van der Waals surface area (Å²) in [6.07, 6.45) is 71.0. The molecule has 1 atom stereocenters. The molecule has 0 aliphatic heterocycles. The summed E-state index contributed by atoms with van der Waals surface area (Å²) in [5, 5.41) is 0. The quantitative estimate of drug-likeness (QED) is 0.0262. The number of allylic oxidation sites excluding steroid dienone is 12. The van der Waals surface area contributed by atoms with E-state index in [-0.39, 0.29) is 31.1 Å². The summed E-state index contributed by atoms with van der Waals surface area (Å²) in [7, 11) is 0. The fourth-order valence-electron chi connectivity index (χ4n) is 7.98. The number of carbonyl (C=O) groups excluding carboxylic acids is 3. The maximum absolute atomic E-state index is 12.6. The van der Waals surface area contributed by atoms with Gasteiger partial charge >= 0.3 is 17.9 Å². The van der Waals surface area contributed by atoms with E-state index in [1.807, 2.05) is 0 Å². The van der Waals surface area contributed by atoms with E-state index in [0.29, 0.717) is 19.3 Å². The van der Waals surface area contributed by atoms with E-state index in [1.54, 1.807) is 0 Å². The molecule has 0 heterocycles. The van der Waals surface area contributed by atoms with E-state index < -0.39 is 6.10 Å². The molecule has 0 aromatic heterocycles. The van der Waals surface area contributed by atoms with Gasteiger partial charge in [-0.3, -0.25) is 14.4 Å². The first-order valence-corrected chi connectivity index (χ1v) is 28.4. The predicted octanol–water partition coefficient (Wildman–Crippen LogP) is 19.0. The van der Waals surface area contributed by atoms with Crippen LogP contribution in [0.4, 0.5) is 0 Å². The highest BCUT2D eigenvalue weighted by atomic mass is 16.6. The van der Waals surface area contributed by atoms with Crippen molar-refractivity contribution in [2.24, 2.45) is 0 Å². The summed E-state index contributed by atoms with van der Waals surface area (Å²) >= 11 is 0. The highest BCUT2D eigenvalue weighted by Gasteiger charge is 2.19. The second-order valence-electron chi connectivity index (χ2n) is 18.8. The Bertz CT molecular complexity index is 1260. The van der Waals surface area contributed by atoms with Crippen LogP contribution in [0.25, 0.3) is 0 Å². The number of hydrogen-bond acceptors (Lipinski definition) is 6. The van der Waals surface area contributed by atoms with E-state index in [1.165, 1.54) is 141 Å². The van der Waals surface area contributed by atoms with Gasteiger partial charge in [0.05, 0.1) is 0 Å². The maximum atomic E-state index is 12.6. The molecule has 0 radical (unpaired) electrons. The average molecular weight is 936 g/mol. The van der Waals surface area contributed by atoms with Crippen LogP contribution in [-0.2, 0) is 28.6 Å². The Hall–Kier alpha value is -3.15. The number of hydrogen-bond donors (Lipinski definition) is 0.